The Hall–Kier alpha value is -1.82. The molecule has 0 saturated heterocycles. The number of benzene rings is 1. The predicted molar refractivity (Wildman–Crippen MR) is 69.1 cm³/mol. The molecule has 0 heterocycles. The molecule has 0 saturated carbocycles. The number of hydrogen-bond donors (Lipinski definition) is 2. The summed E-state index contributed by atoms with van der Waals surface area (Å²) in [5, 5.41) is 23.1. The van der Waals surface area contributed by atoms with Gasteiger partial charge in [0.2, 0.25) is 0 Å². The summed E-state index contributed by atoms with van der Waals surface area (Å²) >= 11 is 0. The number of rotatable bonds is 7. The molecule has 18 heavy (non-hydrogen) atoms. The highest BCUT2D eigenvalue weighted by molar-refractivity contribution is 5.68. The van der Waals surface area contributed by atoms with Crippen LogP contribution in [0, 0.1) is 10.1 Å². The van der Waals surface area contributed by atoms with E-state index in [0.717, 1.165) is 6.42 Å². The molecule has 0 aliphatic carbocycles. The van der Waals surface area contributed by atoms with Crippen molar-refractivity contribution in [3.05, 3.63) is 28.3 Å². The summed E-state index contributed by atoms with van der Waals surface area (Å²) in [7, 11) is 1.40. The number of hydrogen-bond acceptors (Lipinski definition) is 5. The first-order valence-corrected chi connectivity index (χ1v) is 5.79. The first kappa shape index (κ1) is 14.2. The summed E-state index contributed by atoms with van der Waals surface area (Å²) in [6, 6.07) is 4.89. The van der Waals surface area contributed by atoms with E-state index in [0.29, 0.717) is 18.7 Å². The van der Waals surface area contributed by atoms with Gasteiger partial charge in [-0.25, -0.2) is 0 Å². The van der Waals surface area contributed by atoms with Crippen LogP contribution < -0.4 is 10.1 Å². The third-order valence-corrected chi connectivity index (χ3v) is 2.52. The molecule has 6 nitrogen and oxygen atoms in total. The van der Waals surface area contributed by atoms with Crippen LogP contribution in [0.2, 0.25) is 0 Å². The molecule has 1 atom stereocenters. The van der Waals surface area contributed by atoms with Crippen LogP contribution in [0.5, 0.6) is 5.75 Å². The maximum Gasteiger partial charge on any atom is 0.333 e. The minimum atomic E-state index is -0.462. The lowest BCUT2D eigenvalue weighted by Crippen LogP contribution is -2.08. The average Bonchev–Trinajstić information content (AvgIpc) is 2.33. The number of aliphatic hydroxyl groups is 1. The van der Waals surface area contributed by atoms with Crippen LogP contribution in [-0.4, -0.2) is 29.8 Å². The zero-order valence-electron chi connectivity index (χ0n) is 10.5. The second-order valence-electron chi connectivity index (χ2n) is 4.03. The highest BCUT2D eigenvalue weighted by Gasteiger charge is 2.19. The maximum absolute atomic E-state index is 11.0. The Labute approximate surface area is 106 Å². The van der Waals surface area contributed by atoms with E-state index < -0.39 is 4.92 Å². The number of anilines is 1. The molecule has 0 aliphatic heterocycles. The molecule has 6 heteroatoms. The Kier molecular flexibility index (Phi) is 5.38. The molecule has 1 unspecified atom stereocenters. The van der Waals surface area contributed by atoms with Crippen molar-refractivity contribution in [1.82, 2.24) is 0 Å². The van der Waals surface area contributed by atoms with Crippen LogP contribution in [0.15, 0.2) is 18.2 Å². The van der Waals surface area contributed by atoms with Gasteiger partial charge >= 0.3 is 5.69 Å². The molecule has 1 rings (SSSR count). The van der Waals surface area contributed by atoms with E-state index in [1.54, 1.807) is 25.1 Å². The Morgan fingerprint density at radius 3 is 2.83 bits per heavy atom. The lowest BCUT2D eigenvalue weighted by molar-refractivity contribution is -0.384. The summed E-state index contributed by atoms with van der Waals surface area (Å²) in [4.78, 5) is 10.5. The zero-order valence-corrected chi connectivity index (χ0v) is 10.5. The van der Waals surface area contributed by atoms with Crippen LogP contribution in [0.4, 0.5) is 11.4 Å². The van der Waals surface area contributed by atoms with Crippen molar-refractivity contribution in [3.63, 3.8) is 0 Å². The Morgan fingerprint density at radius 1 is 1.56 bits per heavy atom. The predicted octanol–water partition coefficient (Wildman–Crippen LogP) is 2.18. The number of nitro groups is 1. The zero-order chi connectivity index (χ0) is 13.5. The fourth-order valence-corrected chi connectivity index (χ4v) is 1.64. The number of aliphatic hydroxyl groups excluding tert-OH is 1. The van der Waals surface area contributed by atoms with Crippen LogP contribution >= 0.6 is 0 Å². The summed E-state index contributed by atoms with van der Waals surface area (Å²) in [5.41, 5.74) is 0.377. The van der Waals surface area contributed by atoms with Gasteiger partial charge in [-0.3, -0.25) is 10.1 Å². The summed E-state index contributed by atoms with van der Waals surface area (Å²) in [6.07, 6.45) is 1.05. The number of nitro benzene ring substituents is 1. The molecule has 1 aromatic rings. The smallest absolute Gasteiger partial charge is 0.333 e. The second-order valence-corrected chi connectivity index (χ2v) is 4.03. The van der Waals surface area contributed by atoms with Gasteiger partial charge < -0.3 is 15.2 Å². The Morgan fingerprint density at radius 2 is 2.28 bits per heavy atom. The van der Waals surface area contributed by atoms with Gasteiger partial charge in [-0.15, -0.1) is 0 Å². The molecule has 0 aliphatic rings. The summed E-state index contributed by atoms with van der Waals surface area (Å²) in [5.74, 6) is 0.237. The van der Waals surface area contributed by atoms with Crippen molar-refractivity contribution < 1.29 is 14.8 Å². The molecule has 0 radical (unpaired) electrons. The normalized spacial score (nSPS) is 11.9. The van der Waals surface area contributed by atoms with Crippen LogP contribution in [0.1, 0.15) is 19.8 Å². The summed E-state index contributed by atoms with van der Waals surface area (Å²) in [6.45, 7) is 2.28. The first-order valence-electron chi connectivity index (χ1n) is 5.79. The first-order chi connectivity index (χ1) is 8.56. The van der Waals surface area contributed by atoms with Crippen molar-refractivity contribution in [2.75, 3.05) is 19.0 Å². The van der Waals surface area contributed by atoms with Crippen molar-refractivity contribution >= 4 is 11.4 Å². The van der Waals surface area contributed by atoms with E-state index >= 15 is 0 Å². The van der Waals surface area contributed by atoms with Gasteiger partial charge in [-0.05, 0) is 31.9 Å². The molecule has 0 amide bonds. The lowest BCUT2D eigenvalue weighted by atomic mass is 10.2. The van der Waals surface area contributed by atoms with Gasteiger partial charge in [0, 0.05) is 6.54 Å². The monoisotopic (exact) mass is 254 g/mol. The number of nitrogens with one attached hydrogen (secondary N) is 1. The highest BCUT2D eigenvalue weighted by Crippen LogP contribution is 2.34. The molecule has 0 spiro atoms. The Balaban J connectivity index is 2.72. The molecular formula is C12H18N2O4. The van der Waals surface area contributed by atoms with Crippen molar-refractivity contribution in [1.29, 1.82) is 0 Å². The minimum Gasteiger partial charge on any atom is -0.490 e. The quantitative estimate of drug-likeness (QED) is 0.442. The van der Waals surface area contributed by atoms with E-state index in [1.807, 2.05) is 0 Å². The highest BCUT2D eigenvalue weighted by atomic mass is 16.6. The Bertz CT molecular complexity index is 407. The largest absolute Gasteiger partial charge is 0.490 e. The van der Waals surface area contributed by atoms with Gasteiger partial charge in [0.05, 0.1) is 18.1 Å². The van der Waals surface area contributed by atoms with Gasteiger partial charge in [0.25, 0.3) is 0 Å². The van der Waals surface area contributed by atoms with Crippen LogP contribution in [0.25, 0.3) is 0 Å². The van der Waals surface area contributed by atoms with E-state index in [9.17, 15) is 10.1 Å². The summed E-state index contributed by atoms with van der Waals surface area (Å²) < 4.78 is 4.97. The molecule has 0 bridgehead atoms. The lowest BCUT2D eigenvalue weighted by Gasteiger charge is -2.10. The SMILES string of the molecule is COc1cccc(NCCCC(C)O)c1[N+](=O)[O-]. The molecule has 2 N–H and O–H groups in total. The van der Waals surface area contributed by atoms with Gasteiger partial charge in [0.1, 0.15) is 5.69 Å². The standard InChI is InChI=1S/C12H18N2O4/c1-9(15)5-4-8-13-10-6-3-7-11(18-2)12(10)14(16)17/h3,6-7,9,13,15H,4-5,8H2,1-2H3. The average molecular weight is 254 g/mol. The van der Waals surface area contributed by atoms with Gasteiger partial charge in [-0.2, -0.15) is 0 Å². The second kappa shape index (κ2) is 6.80. The van der Waals surface area contributed by atoms with Gasteiger partial charge in [0.15, 0.2) is 5.75 Å². The maximum atomic E-state index is 11.0. The topological polar surface area (TPSA) is 84.6 Å². The van der Waals surface area contributed by atoms with Crippen LogP contribution in [0.3, 0.4) is 0 Å². The number of para-hydroxylation sites is 1. The van der Waals surface area contributed by atoms with Crippen molar-refractivity contribution in [3.8, 4) is 5.75 Å². The molecule has 1 aromatic carbocycles. The number of nitrogens with zero attached hydrogens (tertiary/aromatic N) is 1. The van der Waals surface area contributed by atoms with E-state index in [4.69, 9.17) is 9.84 Å². The van der Waals surface area contributed by atoms with Crippen molar-refractivity contribution in [2.45, 2.75) is 25.9 Å². The number of ether oxygens (including phenoxy) is 1. The van der Waals surface area contributed by atoms with E-state index in [-0.39, 0.29) is 17.5 Å². The third kappa shape index (κ3) is 3.89. The van der Waals surface area contributed by atoms with E-state index in [1.165, 1.54) is 7.11 Å². The third-order valence-electron chi connectivity index (χ3n) is 2.52. The van der Waals surface area contributed by atoms with Crippen LogP contribution in [-0.2, 0) is 0 Å². The van der Waals surface area contributed by atoms with Crippen molar-refractivity contribution in [2.24, 2.45) is 0 Å². The molecule has 0 fully saturated rings. The molecular weight excluding hydrogens is 236 g/mol. The molecule has 100 valence electrons. The number of methoxy groups -OCH3 is 1. The molecule has 0 aromatic heterocycles. The van der Waals surface area contributed by atoms with E-state index in [2.05, 4.69) is 5.32 Å². The fourth-order valence-electron chi connectivity index (χ4n) is 1.64. The minimum absolute atomic E-state index is 0.0583. The fraction of sp³-hybridized carbons (Fsp3) is 0.500. The van der Waals surface area contributed by atoms with Gasteiger partial charge in [-0.1, -0.05) is 6.07 Å².